The van der Waals surface area contributed by atoms with Crippen LogP contribution in [-0.2, 0) is 4.79 Å². The molecule has 5 nitrogen and oxygen atoms in total. The normalized spacial score (nSPS) is 12.6. The van der Waals surface area contributed by atoms with Gasteiger partial charge < -0.3 is 20.1 Å². The van der Waals surface area contributed by atoms with E-state index in [1.807, 2.05) is 0 Å². The summed E-state index contributed by atoms with van der Waals surface area (Å²) in [7, 11) is 0. The third-order valence-corrected chi connectivity index (χ3v) is 2.22. The van der Waals surface area contributed by atoms with Gasteiger partial charge in [0.25, 0.3) is 0 Å². The molecule has 0 heterocycles. The number of carboxylic acid groups (broad SMARTS) is 1. The SMILES string of the molecule is O=C(O)/C=C/C[C@H](O)c1cccc(OCCO)c1. The maximum atomic E-state index is 10.3. The Hall–Kier alpha value is -1.85. The molecule has 0 radical (unpaired) electrons. The van der Waals surface area contributed by atoms with E-state index in [1.165, 1.54) is 6.08 Å². The van der Waals surface area contributed by atoms with Gasteiger partial charge in [-0.3, -0.25) is 0 Å². The minimum absolute atomic E-state index is 0.0753. The summed E-state index contributed by atoms with van der Waals surface area (Å²) in [4.78, 5) is 10.3. The van der Waals surface area contributed by atoms with E-state index >= 15 is 0 Å². The predicted molar refractivity (Wildman–Crippen MR) is 65.4 cm³/mol. The first-order valence-electron chi connectivity index (χ1n) is 5.54. The molecule has 0 aliphatic carbocycles. The zero-order chi connectivity index (χ0) is 13.4. The zero-order valence-corrected chi connectivity index (χ0v) is 9.82. The predicted octanol–water partition coefficient (Wildman–Crippen LogP) is 1.12. The number of aliphatic hydroxyl groups is 2. The summed E-state index contributed by atoms with van der Waals surface area (Å²) in [6, 6.07) is 6.84. The van der Waals surface area contributed by atoms with Gasteiger partial charge in [0.15, 0.2) is 0 Å². The molecule has 1 aromatic rings. The molecule has 5 heteroatoms. The van der Waals surface area contributed by atoms with Gasteiger partial charge in [-0.25, -0.2) is 4.79 Å². The second kappa shape index (κ2) is 7.47. The van der Waals surface area contributed by atoms with E-state index in [4.69, 9.17) is 14.9 Å². The van der Waals surface area contributed by atoms with Crippen LogP contribution in [0.4, 0.5) is 0 Å². The van der Waals surface area contributed by atoms with Gasteiger partial charge in [0.05, 0.1) is 12.7 Å². The summed E-state index contributed by atoms with van der Waals surface area (Å²) in [5.41, 5.74) is 0.639. The number of hydrogen-bond donors (Lipinski definition) is 3. The van der Waals surface area contributed by atoms with Crippen LogP contribution in [0, 0.1) is 0 Å². The van der Waals surface area contributed by atoms with E-state index in [-0.39, 0.29) is 19.6 Å². The van der Waals surface area contributed by atoms with Gasteiger partial charge in [-0.1, -0.05) is 18.2 Å². The molecule has 18 heavy (non-hydrogen) atoms. The van der Waals surface area contributed by atoms with Gasteiger partial charge in [0.1, 0.15) is 12.4 Å². The Balaban J connectivity index is 2.61. The molecule has 0 saturated carbocycles. The quantitative estimate of drug-likeness (QED) is 0.633. The molecule has 0 aromatic heterocycles. The molecule has 98 valence electrons. The van der Waals surface area contributed by atoms with Crippen molar-refractivity contribution in [2.75, 3.05) is 13.2 Å². The van der Waals surface area contributed by atoms with Gasteiger partial charge in [-0.15, -0.1) is 0 Å². The van der Waals surface area contributed by atoms with Crippen molar-refractivity contribution >= 4 is 5.97 Å². The Bertz CT molecular complexity index is 414. The van der Waals surface area contributed by atoms with Gasteiger partial charge >= 0.3 is 5.97 Å². The lowest BCUT2D eigenvalue weighted by Crippen LogP contribution is -2.03. The number of aliphatic hydroxyl groups excluding tert-OH is 2. The maximum absolute atomic E-state index is 10.3. The van der Waals surface area contributed by atoms with E-state index in [2.05, 4.69) is 0 Å². The number of benzene rings is 1. The second-order valence-electron chi connectivity index (χ2n) is 3.64. The van der Waals surface area contributed by atoms with Crippen LogP contribution in [0.3, 0.4) is 0 Å². The van der Waals surface area contributed by atoms with Crippen molar-refractivity contribution in [3.05, 3.63) is 42.0 Å². The summed E-state index contributed by atoms with van der Waals surface area (Å²) < 4.78 is 5.22. The Labute approximate surface area is 105 Å². The van der Waals surface area contributed by atoms with Gasteiger partial charge in [-0.05, 0) is 24.1 Å². The Morgan fingerprint density at radius 2 is 2.22 bits per heavy atom. The monoisotopic (exact) mass is 252 g/mol. The highest BCUT2D eigenvalue weighted by Crippen LogP contribution is 2.21. The van der Waals surface area contributed by atoms with Crippen LogP contribution < -0.4 is 4.74 Å². The molecule has 1 atom stereocenters. The summed E-state index contributed by atoms with van der Waals surface area (Å²) in [6.45, 7) is 0.118. The van der Waals surface area contributed by atoms with Gasteiger partial charge in [0.2, 0.25) is 0 Å². The van der Waals surface area contributed by atoms with Crippen LogP contribution in [0.5, 0.6) is 5.75 Å². The van der Waals surface area contributed by atoms with Crippen molar-refractivity contribution < 1.29 is 24.9 Å². The smallest absolute Gasteiger partial charge is 0.327 e. The van der Waals surface area contributed by atoms with Crippen LogP contribution in [0.15, 0.2) is 36.4 Å². The molecule has 0 aliphatic heterocycles. The van der Waals surface area contributed by atoms with Gasteiger partial charge in [-0.2, -0.15) is 0 Å². The van der Waals surface area contributed by atoms with E-state index in [9.17, 15) is 9.90 Å². The molecule has 0 fully saturated rings. The zero-order valence-electron chi connectivity index (χ0n) is 9.82. The molecule has 1 aromatic carbocycles. The Morgan fingerprint density at radius 1 is 1.44 bits per heavy atom. The Kier molecular flexibility index (Phi) is 5.90. The third-order valence-electron chi connectivity index (χ3n) is 2.22. The minimum Gasteiger partial charge on any atom is -0.491 e. The first kappa shape index (κ1) is 14.2. The van der Waals surface area contributed by atoms with Crippen molar-refractivity contribution in [2.24, 2.45) is 0 Å². The highest BCUT2D eigenvalue weighted by molar-refractivity contribution is 5.79. The average molecular weight is 252 g/mol. The molecule has 1 rings (SSSR count). The number of rotatable bonds is 7. The number of carbonyl (C=O) groups is 1. The molecular formula is C13H16O5. The van der Waals surface area contributed by atoms with Crippen molar-refractivity contribution in [2.45, 2.75) is 12.5 Å². The lowest BCUT2D eigenvalue weighted by molar-refractivity contribution is -0.131. The van der Waals surface area contributed by atoms with Gasteiger partial charge in [0, 0.05) is 6.08 Å². The van der Waals surface area contributed by atoms with Crippen LogP contribution in [0.2, 0.25) is 0 Å². The molecule has 0 aliphatic rings. The van der Waals surface area contributed by atoms with Crippen molar-refractivity contribution in [1.82, 2.24) is 0 Å². The third kappa shape index (κ3) is 4.99. The maximum Gasteiger partial charge on any atom is 0.327 e. The number of hydrogen-bond acceptors (Lipinski definition) is 4. The molecule has 0 spiro atoms. The largest absolute Gasteiger partial charge is 0.491 e. The summed E-state index contributed by atoms with van der Waals surface area (Å²) in [5.74, 6) is -0.481. The van der Waals surface area contributed by atoms with Crippen molar-refractivity contribution in [3.8, 4) is 5.75 Å². The molecular weight excluding hydrogens is 236 g/mol. The lowest BCUT2D eigenvalue weighted by Gasteiger charge is -2.10. The highest BCUT2D eigenvalue weighted by Gasteiger charge is 2.06. The van der Waals surface area contributed by atoms with Crippen LogP contribution in [-0.4, -0.2) is 34.5 Å². The first-order chi connectivity index (χ1) is 8.63. The van der Waals surface area contributed by atoms with E-state index < -0.39 is 12.1 Å². The van der Waals surface area contributed by atoms with Crippen LogP contribution in [0.1, 0.15) is 18.1 Å². The fraction of sp³-hybridized carbons (Fsp3) is 0.308. The molecule has 0 unspecified atom stereocenters. The fourth-order valence-corrected chi connectivity index (χ4v) is 1.41. The molecule has 3 N–H and O–H groups in total. The summed E-state index contributed by atoms with van der Waals surface area (Å²) in [6.07, 6.45) is 1.83. The second-order valence-corrected chi connectivity index (χ2v) is 3.64. The Morgan fingerprint density at radius 3 is 2.89 bits per heavy atom. The topological polar surface area (TPSA) is 87.0 Å². The average Bonchev–Trinajstić information content (AvgIpc) is 2.36. The van der Waals surface area contributed by atoms with E-state index in [0.717, 1.165) is 6.08 Å². The van der Waals surface area contributed by atoms with Crippen LogP contribution in [0.25, 0.3) is 0 Å². The van der Waals surface area contributed by atoms with Crippen molar-refractivity contribution in [3.63, 3.8) is 0 Å². The standard InChI is InChI=1S/C13H16O5/c14-7-8-18-11-4-1-3-10(9-11)12(15)5-2-6-13(16)17/h1-4,6,9,12,14-15H,5,7-8H2,(H,16,17)/b6-2+/t12-/m0/s1. The van der Waals surface area contributed by atoms with E-state index in [1.54, 1.807) is 24.3 Å². The molecule has 0 amide bonds. The number of ether oxygens (including phenoxy) is 1. The highest BCUT2D eigenvalue weighted by atomic mass is 16.5. The first-order valence-corrected chi connectivity index (χ1v) is 5.54. The lowest BCUT2D eigenvalue weighted by atomic mass is 10.1. The number of carboxylic acids is 1. The number of aliphatic carboxylic acids is 1. The van der Waals surface area contributed by atoms with E-state index in [0.29, 0.717) is 11.3 Å². The minimum atomic E-state index is -1.04. The summed E-state index contributed by atoms with van der Waals surface area (Å²) >= 11 is 0. The fourth-order valence-electron chi connectivity index (χ4n) is 1.41. The van der Waals surface area contributed by atoms with Crippen LogP contribution >= 0.6 is 0 Å². The van der Waals surface area contributed by atoms with Crippen molar-refractivity contribution in [1.29, 1.82) is 0 Å². The molecule has 0 bridgehead atoms. The summed E-state index contributed by atoms with van der Waals surface area (Å²) in [5, 5.41) is 26.9. The molecule has 0 saturated heterocycles.